The van der Waals surface area contributed by atoms with Crippen LogP contribution in [-0.2, 0) is 16.1 Å². The summed E-state index contributed by atoms with van der Waals surface area (Å²) in [6, 6.07) is 0.331. The first-order valence-electron chi connectivity index (χ1n) is 10.1. The number of aromatic nitrogens is 3. The number of nitrogens with zero attached hydrogens (tertiary/aromatic N) is 4. The lowest BCUT2D eigenvalue weighted by Gasteiger charge is -2.36. The predicted molar refractivity (Wildman–Crippen MR) is 118 cm³/mol. The molecule has 10 heteroatoms. The average Bonchev–Trinajstić information content (AvgIpc) is 3.15. The highest BCUT2D eigenvalue weighted by Crippen LogP contribution is 2.26. The fraction of sp³-hybridized carbons (Fsp3) is 0.842. The molecule has 168 valence electrons. The van der Waals surface area contributed by atoms with Crippen LogP contribution in [0.3, 0.4) is 0 Å². The van der Waals surface area contributed by atoms with E-state index in [4.69, 9.17) is 10.5 Å². The summed E-state index contributed by atoms with van der Waals surface area (Å²) in [5.41, 5.74) is 6.23. The number of rotatable bonds is 6. The van der Waals surface area contributed by atoms with Gasteiger partial charge >= 0.3 is 0 Å². The molecule has 1 aromatic heterocycles. The largest absolute Gasteiger partial charge is 0.375 e. The molecule has 0 bridgehead atoms. The summed E-state index contributed by atoms with van der Waals surface area (Å²) < 4.78 is 7.63. The van der Waals surface area contributed by atoms with E-state index in [0.29, 0.717) is 23.6 Å². The normalized spacial score (nSPS) is 25.3. The van der Waals surface area contributed by atoms with E-state index in [2.05, 4.69) is 34.1 Å². The van der Waals surface area contributed by atoms with Gasteiger partial charge in [-0.15, -0.1) is 24.8 Å². The second kappa shape index (κ2) is 10.9. The summed E-state index contributed by atoms with van der Waals surface area (Å²) in [5, 5.41) is 7.53. The fourth-order valence-electron chi connectivity index (χ4n) is 3.95. The lowest BCUT2D eigenvalue weighted by Crippen LogP contribution is -2.48. The Hall–Kier alpha value is -0.930. The number of morpholine rings is 1. The number of amides is 1. The van der Waals surface area contributed by atoms with E-state index in [9.17, 15) is 4.79 Å². The minimum Gasteiger partial charge on any atom is -0.375 e. The average molecular weight is 451 g/mol. The lowest BCUT2D eigenvalue weighted by atomic mass is 10.0. The van der Waals surface area contributed by atoms with Gasteiger partial charge in [-0.25, -0.2) is 9.67 Å². The third kappa shape index (κ3) is 6.28. The maximum Gasteiger partial charge on any atom is 0.242 e. The number of nitrogens with one attached hydrogen (secondary N) is 1. The number of carbonyl (C=O) groups excluding carboxylic acids is 1. The second-order valence-corrected chi connectivity index (χ2v) is 8.67. The van der Waals surface area contributed by atoms with Crippen molar-refractivity contribution in [3.05, 3.63) is 11.6 Å². The van der Waals surface area contributed by atoms with Crippen LogP contribution < -0.4 is 11.1 Å². The molecule has 0 unspecified atom stereocenters. The third-order valence-corrected chi connectivity index (χ3v) is 5.67. The van der Waals surface area contributed by atoms with Crippen molar-refractivity contribution in [2.45, 2.75) is 71.8 Å². The van der Waals surface area contributed by atoms with Crippen molar-refractivity contribution in [3.63, 3.8) is 0 Å². The molecule has 1 amide bonds. The zero-order valence-corrected chi connectivity index (χ0v) is 19.6. The highest BCUT2D eigenvalue weighted by molar-refractivity contribution is 5.85. The van der Waals surface area contributed by atoms with Gasteiger partial charge in [0.25, 0.3) is 0 Å². The number of ether oxygens (including phenoxy) is 1. The predicted octanol–water partition coefficient (Wildman–Crippen LogP) is 1.70. The minimum atomic E-state index is -0.232. The Kier molecular flexibility index (Phi) is 9.82. The van der Waals surface area contributed by atoms with Gasteiger partial charge in [0.05, 0.1) is 18.8 Å². The van der Waals surface area contributed by atoms with Gasteiger partial charge in [-0.05, 0) is 25.2 Å². The van der Waals surface area contributed by atoms with Crippen LogP contribution in [0.1, 0.15) is 51.8 Å². The van der Waals surface area contributed by atoms with Crippen LogP contribution in [-0.4, -0.2) is 63.5 Å². The summed E-state index contributed by atoms with van der Waals surface area (Å²) in [7, 11) is 0. The third-order valence-electron chi connectivity index (χ3n) is 5.67. The molecule has 2 saturated heterocycles. The van der Waals surface area contributed by atoms with E-state index in [1.807, 2.05) is 20.8 Å². The smallest absolute Gasteiger partial charge is 0.242 e. The Bertz CT molecular complexity index is 669. The van der Waals surface area contributed by atoms with Gasteiger partial charge in [-0.2, -0.15) is 5.10 Å². The maximum atomic E-state index is 12.6. The first kappa shape index (κ1) is 26.1. The SMILES string of the molecule is Cc1nc([C@@H](N)C(C)C)n(CC(=O)N[C@@H]2C[C@H]3CO[C@H](C(C)C)CN3C2)n1.Cl.Cl. The standard InChI is InChI=1S/C19H34N6O2.2ClH/c1-11(2)16-8-24-7-14(6-15(24)10-27-16)22-17(26)9-25-19(18(20)12(3)4)21-13(5)23-25;;/h11-12,14-16,18H,6-10,20H2,1-5H3,(H,22,26);2*1H/t14-,15+,16+,18+;;/m1../s1. The zero-order chi connectivity index (χ0) is 19.7. The van der Waals surface area contributed by atoms with E-state index >= 15 is 0 Å². The van der Waals surface area contributed by atoms with Gasteiger partial charge in [-0.3, -0.25) is 9.69 Å². The summed E-state index contributed by atoms with van der Waals surface area (Å²) in [5.74, 6) is 2.02. The Labute approximate surface area is 186 Å². The summed E-state index contributed by atoms with van der Waals surface area (Å²) in [6.07, 6.45) is 1.22. The number of carbonyl (C=O) groups is 1. The molecule has 2 fully saturated rings. The van der Waals surface area contributed by atoms with Crippen LogP contribution in [0, 0.1) is 18.8 Å². The molecule has 0 saturated carbocycles. The maximum absolute atomic E-state index is 12.6. The molecule has 2 aliphatic rings. The topological polar surface area (TPSA) is 98.3 Å². The molecule has 1 aromatic rings. The molecule has 0 aliphatic carbocycles. The molecule has 4 atom stereocenters. The van der Waals surface area contributed by atoms with Crippen LogP contribution >= 0.6 is 24.8 Å². The molecular formula is C19H36Cl2N6O2. The molecular weight excluding hydrogens is 415 g/mol. The van der Waals surface area contributed by atoms with Crippen molar-refractivity contribution in [2.75, 3.05) is 19.7 Å². The van der Waals surface area contributed by atoms with Crippen LogP contribution in [0.15, 0.2) is 0 Å². The summed E-state index contributed by atoms with van der Waals surface area (Å²) in [4.78, 5) is 19.5. The number of halogens is 2. The van der Waals surface area contributed by atoms with Gasteiger partial charge < -0.3 is 15.8 Å². The van der Waals surface area contributed by atoms with Gasteiger partial charge in [0.2, 0.25) is 5.91 Å². The Morgan fingerprint density at radius 1 is 1.28 bits per heavy atom. The number of hydrogen-bond donors (Lipinski definition) is 2. The van der Waals surface area contributed by atoms with Crippen LogP contribution in [0.25, 0.3) is 0 Å². The number of aryl methyl sites for hydroxylation is 1. The second-order valence-electron chi connectivity index (χ2n) is 8.67. The van der Waals surface area contributed by atoms with Crippen molar-refractivity contribution >= 4 is 30.7 Å². The van der Waals surface area contributed by atoms with E-state index in [-0.39, 0.29) is 61.4 Å². The highest BCUT2D eigenvalue weighted by atomic mass is 35.5. The van der Waals surface area contributed by atoms with Gasteiger partial charge in [-0.1, -0.05) is 27.7 Å². The first-order valence-corrected chi connectivity index (χ1v) is 10.1. The Morgan fingerprint density at radius 2 is 1.97 bits per heavy atom. The highest BCUT2D eigenvalue weighted by Gasteiger charge is 2.38. The Balaban J connectivity index is 0.00000210. The molecule has 0 radical (unpaired) electrons. The zero-order valence-electron chi connectivity index (χ0n) is 18.0. The first-order chi connectivity index (χ1) is 12.7. The quantitative estimate of drug-likeness (QED) is 0.683. The van der Waals surface area contributed by atoms with Crippen LogP contribution in [0.2, 0.25) is 0 Å². The molecule has 2 aliphatic heterocycles. The van der Waals surface area contributed by atoms with E-state index in [0.717, 1.165) is 26.1 Å². The fourth-order valence-corrected chi connectivity index (χ4v) is 3.95. The van der Waals surface area contributed by atoms with Gasteiger partial charge in [0.1, 0.15) is 18.2 Å². The van der Waals surface area contributed by atoms with Gasteiger partial charge in [0.15, 0.2) is 0 Å². The van der Waals surface area contributed by atoms with E-state index in [1.54, 1.807) is 4.68 Å². The van der Waals surface area contributed by atoms with Crippen LogP contribution in [0.5, 0.6) is 0 Å². The molecule has 8 nitrogen and oxygen atoms in total. The summed E-state index contributed by atoms with van der Waals surface area (Å²) >= 11 is 0. The monoisotopic (exact) mass is 450 g/mol. The lowest BCUT2D eigenvalue weighted by molar-refractivity contribution is -0.122. The van der Waals surface area contributed by atoms with E-state index in [1.165, 1.54) is 0 Å². The minimum absolute atomic E-state index is 0. The number of nitrogens with two attached hydrogens (primary N) is 1. The summed E-state index contributed by atoms with van der Waals surface area (Å²) in [6.45, 7) is 13.0. The van der Waals surface area contributed by atoms with Crippen LogP contribution in [0.4, 0.5) is 0 Å². The molecule has 0 aromatic carbocycles. The van der Waals surface area contributed by atoms with Crippen molar-refractivity contribution in [1.82, 2.24) is 25.0 Å². The molecule has 3 N–H and O–H groups in total. The van der Waals surface area contributed by atoms with Crippen molar-refractivity contribution < 1.29 is 9.53 Å². The van der Waals surface area contributed by atoms with Crippen molar-refractivity contribution in [1.29, 1.82) is 0 Å². The number of hydrogen-bond acceptors (Lipinski definition) is 6. The van der Waals surface area contributed by atoms with Gasteiger partial charge in [0, 0.05) is 25.2 Å². The van der Waals surface area contributed by atoms with Crippen molar-refractivity contribution in [3.8, 4) is 0 Å². The molecule has 0 spiro atoms. The molecule has 3 heterocycles. The van der Waals surface area contributed by atoms with E-state index < -0.39 is 0 Å². The van der Waals surface area contributed by atoms with Crippen molar-refractivity contribution in [2.24, 2.45) is 17.6 Å². The molecule has 29 heavy (non-hydrogen) atoms. The number of fused-ring (bicyclic) bond motifs is 1. The molecule has 3 rings (SSSR count). The Morgan fingerprint density at radius 3 is 2.59 bits per heavy atom.